The summed E-state index contributed by atoms with van der Waals surface area (Å²) < 4.78 is 4.92. The number of benzene rings is 2. The molecule has 0 radical (unpaired) electrons. The first-order valence-electron chi connectivity index (χ1n) is 9.24. The van der Waals surface area contributed by atoms with E-state index < -0.39 is 0 Å². The van der Waals surface area contributed by atoms with Gasteiger partial charge in [-0.2, -0.15) is 0 Å². The second-order valence-corrected chi connectivity index (χ2v) is 6.51. The quantitative estimate of drug-likeness (QED) is 0.691. The van der Waals surface area contributed by atoms with Crippen LogP contribution >= 0.6 is 0 Å². The highest BCUT2D eigenvalue weighted by atomic mass is 16.5. The van der Waals surface area contributed by atoms with Crippen LogP contribution < -0.4 is 10.2 Å². The summed E-state index contributed by atoms with van der Waals surface area (Å²) in [6, 6.07) is 15.8. The number of nitrogens with one attached hydrogen (secondary N) is 1. The lowest BCUT2D eigenvalue weighted by molar-refractivity contribution is -0.120. The van der Waals surface area contributed by atoms with Gasteiger partial charge < -0.3 is 15.0 Å². The van der Waals surface area contributed by atoms with Gasteiger partial charge >= 0.3 is 0 Å². The van der Waals surface area contributed by atoms with Crippen molar-refractivity contribution in [2.45, 2.75) is 33.2 Å². The Balaban J connectivity index is 2.06. The molecule has 0 spiro atoms. The Morgan fingerprint density at radius 2 is 1.63 bits per heavy atom. The summed E-state index contributed by atoms with van der Waals surface area (Å²) in [6.45, 7) is 5.44. The Bertz CT molecular complexity index is 739. The molecule has 0 atom stereocenters. The van der Waals surface area contributed by atoms with E-state index in [4.69, 9.17) is 4.74 Å². The van der Waals surface area contributed by atoms with Crippen molar-refractivity contribution in [3.63, 3.8) is 0 Å². The monoisotopic (exact) mass is 368 g/mol. The standard InChI is InChI=1S/C22H28N2O3/c1-4-22(26)24(16-19-7-5-17(2)6-8-19)20-11-9-18(10-12-20)15-21(25)23-13-14-27-3/h5-12H,4,13-16H2,1-3H3,(H,23,25). The van der Waals surface area contributed by atoms with Crippen molar-refractivity contribution in [2.24, 2.45) is 0 Å². The predicted molar refractivity (Wildman–Crippen MR) is 108 cm³/mol. The highest BCUT2D eigenvalue weighted by Crippen LogP contribution is 2.20. The largest absolute Gasteiger partial charge is 0.383 e. The molecule has 0 heterocycles. The van der Waals surface area contributed by atoms with Gasteiger partial charge in [0.15, 0.2) is 0 Å². The van der Waals surface area contributed by atoms with Gasteiger partial charge in [0, 0.05) is 25.8 Å². The molecule has 5 nitrogen and oxygen atoms in total. The summed E-state index contributed by atoms with van der Waals surface area (Å²) >= 11 is 0. The summed E-state index contributed by atoms with van der Waals surface area (Å²) in [4.78, 5) is 26.1. The normalized spacial score (nSPS) is 10.5. The van der Waals surface area contributed by atoms with Gasteiger partial charge in [0.2, 0.25) is 11.8 Å². The molecule has 0 aliphatic carbocycles. The van der Waals surface area contributed by atoms with E-state index in [9.17, 15) is 9.59 Å². The van der Waals surface area contributed by atoms with Crippen LogP contribution in [0.2, 0.25) is 0 Å². The zero-order chi connectivity index (χ0) is 19.6. The minimum Gasteiger partial charge on any atom is -0.383 e. The predicted octanol–water partition coefficient (Wildman–Crippen LogP) is 3.24. The Labute approximate surface area is 161 Å². The zero-order valence-corrected chi connectivity index (χ0v) is 16.3. The Morgan fingerprint density at radius 1 is 1.00 bits per heavy atom. The van der Waals surface area contributed by atoms with Crippen LogP contribution in [0.4, 0.5) is 5.69 Å². The maximum absolute atomic E-state index is 12.4. The highest BCUT2D eigenvalue weighted by Gasteiger charge is 2.15. The molecule has 27 heavy (non-hydrogen) atoms. The van der Waals surface area contributed by atoms with Crippen molar-refractivity contribution in [2.75, 3.05) is 25.2 Å². The second kappa shape index (κ2) is 10.5. The Kier molecular flexibility index (Phi) is 8.01. The first kappa shape index (κ1) is 20.6. The summed E-state index contributed by atoms with van der Waals surface area (Å²) in [7, 11) is 1.60. The second-order valence-electron chi connectivity index (χ2n) is 6.51. The molecule has 2 aromatic rings. The molecular formula is C22H28N2O3. The van der Waals surface area contributed by atoms with Crippen molar-refractivity contribution in [1.82, 2.24) is 5.32 Å². The van der Waals surface area contributed by atoms with E-state index in [2.05, 4.69) is 17.4 Å². The third-order valence-corrected chi connectivity index (χ3v) is 4.31. The molecular weight excluding hydrogens is 340 g/mol. The van der Waals surface area contributed by atoms with Gasteiger partial charge in [0.25, 0.3) is 0 Å². The summed E-state index contributed by atoms with van der Waals surface area (Å²) in [5, 5.41) is 2.81. The number of amides is 2. The topological polar surface area (TPSA) is 58.6 Å². The summed E-state index contributed by atoms with van der Waals surface area (Å²) in [5.74, 6) is 0.0292. The number of carbonyl (C=O) groups is 2. The molecule has 2 rings (SSSR count). The number of hydrogen-bond acceptors (Lipinski definition) is 3. The van der Waals surface area contributed by atoms with E-state index >= 15 is 0 Å². The number of methoxy groups -OCH3 is 1. The molecule has 0 aromatic heterocycles. The molecule has 0 unspecified atom stereocenters. The maximum Gasteiger partial charge on any atom is 0.227 e. The van der Waals surface area contributed by atoms with Gasteiger partial charge in [-0.3, -0.25) is 9.59 Å². The highest BCUT2D eigenvalue weighted by molar-refractivity contribution is 5.93. The molecule has 144 valence electrons. The fourth-order valence-electron chi connectivity index (χ4n) is 2.72. The molecule has 0 saturated heterocycles. The van der Waals surface area contributed by atoms with E-state index in [1.807, 2.05) is 50.2 Å². The number of carbonyl (C=O) groups excluding carboxylic acids is 2. The van der Waals surface area contributed by atoms with Crippen molar-refractivity contribution < 1.29 is 14.3 Å². The van der Waals surface area contributed by atoms with Gasteiger partial charge in [-0.15, -0.1) is 0 Å². The molecule has 0 aliphatic rings. The molecule has 0 bridgehead atoms. The van der Waals surface area contributed by atoms with Gasteiger partial charge in [-0.25, -0.2) is 0 Å². The summed E-state index contributed by atoms with van der Waals surface area (Å²) in [6.07, 6.45) is 0.749. The molecule has 2 aromatic carbocycles. The lowest BCUT2D eigenvalue weighted by atomic mass is 10.1. The van der Waals surface area contributed by atoms with Crippen LogP contribution in [0, 0.1) is 6.92 Å². The van der Waals surface area contributed by atoms with Crippen molar-refractivity contribution in [3.8, 4) is 0 Å². The van der Waals surface area contributed by atoms with Gasteiger partial charge in [-0.05, 0) is 30.2 Å². The average molecular weight is 368 g/mol. The van der Waals surface area contributed by atoms with Crippen molar-refractivity contribution in [1.29, 1.82) is 0 Å². The number of rotatable bonds is 9. The van der Waals surface area contributed by atoms with Crippen LogP contribution in [0.25, 0.3) is 0 Å². The van der Waals surface area contributed by atoms with Crippen LogP contribution in [-0.2, 0) is 27.3 Å². The smallest absolute Gasteiger partial charge is 0.227 e. The molecule has 0 saturated carbocycles. The minimum atomic E-state index is -0.0408. The SMILES string of the molecule is CCC(=O)N(Cc1ccc(C)cc1)c1ccc(CC(=O)NCCOC)cc1. The van der Waals surface area contributed by atoms with Gasteiger partial charge in [0.1, 0.15) is 0 Å². The van der Waals surface area contributed by atoms with E-state index in [0.29, 0.717) is 32.5 Å². The third kappa shape index (κ3) is 6.53. The number of hydrogen-bond donors (Lipinski definition) is 1. The van der Waals surface area contributed by atoms with E-state index in [1.165, 1.54) is 5.56 Å². The molecule has 0 fully saturated rings. The fraction of sp³-hybridized carbons (Fsp3) is 0.364. The fourth-order valence-corrected chi connectivity index (χ4v) is 2.72. The maximum atomic E-state index is 12.4. The molecule has 5 heteroatoms. The van der Waals surface area contributed by atoms with Crippen LogP contribution in [-0.4, -0.2) is 32.1 Å². The average Bonchev–Trinajstić information content (AvgIpc) is 2.68. The van der Waals surface area contributed by atoms with Crippen LogP contribution in [0.5, 0.6) is 0 Å². The lowest BCUT2D eigenvalue weighted by Gasteiger charge is -2.23. The Hall–Kier alpha value is -2.66. The summed E-state index contributed by atoms with van der Waals surface area (Å²) in [5.41, 5.74) is 4.03. The van der Waals surface area contributed by atoms with Gasteiger partial charge in [0.05, 0.1) is 19.6 Å². The van der Waals surface area contributed by atoms with Gasteiger partial charge in [-0.1, -0.05) is 48.9 Å². The Morgan fingerprint density at radius 3 is 2.22 bits per heavy atom. The first-order chi connectivity index (χ1) is 13.0. The zero-order valence-electron chi connectivity index (χ0n) is 16.3. The third-order valence-electron chi connectivity index (χ3n) is 4.31. The number of aryl methyl sites for hydroxylation is 1. The minimum absolute atomic E-state index is 0.0408. The lowest BCUT2D eigenvalue weighted by Crippen LogP contribution is -2.30. The number of ether oxygens (including phenoxy) is 1. The first-order valence-corrected chi connectivity index (χ1v) is 9.24. The van der Waals surface area contributed by atoms with E-state index in [1.54, 1.807) is 12.0 Å². The van der Waals surface area contributed by atoms with Crippen LogP contribution in [0.1, 0.15) is 30.0 Å². The molecule has 2 amide bonds. The van der Waals surface area contributed by atoms with Crippen molar-refractivity contribution >= 4 is 17.5 Å². The van der Waals surface area contributed by atoms with Crippen LogP contribution in [0.3, 0.4) is 0 Å². The molecule has 1 N–H and O–H groups in total. The molecule has 0 aliphatic heterocycles. The number of anilines is 1. The van der Waals surface area contributed by atoms with Crippen LogP contribution in [0.15, 0.2) is 48.5 Å². The van der Waals surface area contributed by atoms with Crippen molar-refractivity contribution in [3.05, 3.63) is 65.2 Å². The van der Waals surface area contributed by atoms with E-state index in [-0.39, 0.29) is 11.8 Å². The number of nitrogens with zero attached hydrogens (tertiary/aromatic N) is 1. The van der Waals surface area contributed by atoms with E-state index in [0.717, 1.165) is 16.8 Å².